The standard InChI is InChI=1S/C17H23N3/c1-3-8-20-17(11-14-6-5-9-18-12-14)16-7-10-19-13-15(16)4-2/h5-7,9-10,12-13,17,20H,3-4,8,11H2,1-2H3. The highest BCUT2D eigenvalue weighted by Crippen LogP contribution is 2.21. The van der Waals surface area contributed by atoms with Gasteiger partial charge in [-0.3, -0.25) is 9.97 Å². The molecule has 0 spiro atoms. The van der Waals surface area contributed by atoms with Crippen LogP contribution < -0.4 is 5.32 Å². The highest BCUT2D eigenvalue weighted by atomic mass is 14.9. The molecule has 0 amide bonds. The van der Waals surface area contributed by atoms with Gasteiger partial charge in [-0.05, 0) is 54.6 Å². The molecule has 0 aliphatic carbocycles. The van der Waals surface area contributed by atoms with Crippen molar-refractivity contribution in [2.24, 2.45) is 0 Å². The third-order valence-corrected chi connectivity index (χ3v) is 3.50. The Morgan fingerprint density at radius 1 is 1.10 bits per heavy atom. The average Bonchev–Trinajstić information content (AvgIpc) is 2.52. The van der Waals surface area contributed by atoms with Crippen molar-refractivity contribution in [1.82, 2.24) is 15.3 Å². The largest absolute Gasteiger partial charge is 0.310 e. The SMILES string of the molecule is CCCNC(Cc1cccnc1)c1ccncc1CC. The van der Waals surface area contributed by atoms with E-state index in [-0.39, 0.29) is 0 Å². The van der Waals surface area contributed by atoms with Gasteiger partial charge >= 0.3 is 0 Å². The molecule has 0 saturated heterocycles. The second-order valence-corrected chi connectivity index (χ2v) is 5.00. The van der Waals surface area contributed by atoms with Crippen LogP contribution in [0.5, 0.6) is 0 Å². The quantitative estimate of drug-likeness (QED) is 0.838. The molecule has 106 valence electrons. The molecule has 2 rings (SSSR count). The molecule has 0 aliphatic rings. The molecule has 2 heterocycles. The molecule has 0 radical (unpaired) electrons. The lowest BCUT2D eigenvalue weighted by molar-refractivity contribution is 0.524. The summed E-state index contributed by atoms with van der Waals surface area (Å²) in [6.07, 6.45) is 10.8. The van der Waals surface area contributed by atoms with Gasteiger partial charge in [0.2, 0.25) is 0 Å². The summed E-state index contributed by atoms with van der Waals surface area (Å²) < 4.78 is 0. The van der Waals surface area contributed by atoms with Crippen LogP contribution >= 0.6 is 0 Å². The predicted octanol–water partition coefficient (Wildman–Crippen LogP) is 3.32. The molecule has 0 aliphatic heterocycles. The lowest BCUT2D eigenvalue weighted by atomic mass is 9.95. The monoisotopic (exact) mass is 269 g/mol. The summed E-state index contributed by atoms with van der Waals surface area (Å²) in [5.74, 6) is 0. The Hall–Kier alpha value is -1.74. The second kappa shape index (κ2) is 7.75. The third-order valence-electron chi connectivity index (χ3n) is 3.50. The minimum atomic E-state index is 0.331. The van der Waals surface area contributed by atoms with E-state index in [4.69, 9.17) is 0 Å². The van der Waals surface area contributed by atoms with Crippen LogP contribution in [0.4, 0.5) is 0 Å². The lowest BCUT2D eigenvalue weighted by Crippen LogP contribution is -2.25. The van der Waals surface area contributed by atoms with Gasteiger partial charge in [-0.15, -0.1) is 0 Å². The average molecular weight is 269 g/mol. The normalized spacial score (nSPS) is 12.3. The summed E-state index contributed by atoms with van der Waals surface area (Å²) in [5.41, 5.74) is 3.95. The topological polar surface area (TPSA) is 37.8 Å². The molecule has 0 saturated carbocycles. The molecule has 2 aromatic rings. The van der Waals surface area contributed by atoms with E-state index in [9.17, 15) is 0 Å². The fraction of sp³-hybridized carbons (Fsp3) is 0.412. The van der Waals surface area contributed by atoms with Crippen molar-refractivity contribution in [2.45, 2.75) is 39.2 Å². The number of aromatic nitrogens is 2. The first kappa shape index (κ1) is 14.7. The van der Waals surface area contributed by atoms with E-state index in [1.165, 1.54) is 16.7 Å². The molecule has 3 heteroatoms. The zero-order chi connectivity index (χ0) is 14.2. The summed E-state index contributed by atoms with van der Waals surface area (Å²) in [4.78, 5) is 8.46. The number of hydrogen-bond acceptors (Lipinski definition) is 3. The molecule has 0 bridgehead atoms. The molecule has 0 fully saturated rings. The van der Waals surface area contributed by atoms with Gasteiger partial charge in [0.15, 0.2) is 0 Å². The molecule has 3 nitrogen and oxygen atoms in total. The number of nitrogens with zero attached hydrogens (tertiary/aromatic N) is 2. The van der Waals surface area contributed by atoms with Crippen LogP contribution in [0.2, 0.25) is 0 Å². The van der Waals surface area contributed by atoms with Crippen LogP contribution in [0.25, 0.3) is 0 Å². The van der Waals surface area contributed by atoms with Crippen LogP contribution in [0, 0.1) is 0 Å². The second-order valence-electron chi connectivity index (χ2n) is 5.00. The Morgan fingerprint density at radius 2 is 1.95 bits per heavy atom. The van der Waals surface area contributed by atoms with Crippen molar-refractivity contribution in [3.8, 4) is 0 Å². The number of pyridine rings is 2. The Kier molecular flexibility index (Phi) is 5.69. The van der Waals surface area contributed by atoms with Crippen LogP contribution in [0.3, 0.4) is 0 Å². The highest BCUT2D eigenvalue weighted by molar-refractivity contribution is 5.28. The van der Waals surface area contributed by atoms with Gasteiger partial charge in [0.05, 0.1) is 0 Å². The Morgan fingerprint density at radius 3 is 2.65 bits per heavy atom. The van der Waals surface area contributed by atoms with Gasteiger partial charge in [0.1, 0.15) is 0 Å². The van der Waals surface area contributed by atoms with E-state index in [1.54, 1.807) is 0 Å². The fourth-order valence-corrected chi connectivity index (χ4v) is 2.44. The maximum Gasteiger partial charge on any atom is 0.0365 e. The number of hydrogen-bond donors (Lipinski definition) is 1. The Bertz CT molecular complexity index is 511. The van der Waals surface area contributed by atoms with Crippen LogP contribution in [-0.4, -0.2) is 16.5 Å². The third kappa shape index (κ3) is 3.87. The van der Waals surface area contributed by atoms with Crippen molar-refractivity contribution in [2.75, 3.05) is 6.54 Å². The predicted molar refractivity (Wildman–Crippen MR) is 82.6 cm³/mol. The van der Waals surface area contributed by atoms with E-state index >= 15 is 0 Å². The first-order valence-corrected chi connectivity index (χ1v) is 7.40. The van der Waals surface area contributed by atoms with E-state index in [0.29, 0.717) is 6.04 Å². The summed E-state index contributed by atoms with van der Waals surface area (Å²) in [5, 5.41) is 3.65. The van der Waals surface area contributed by atoms with E-state index in [1.807, 2.05) is 30.9 Å². The minimum Gasteiger partial charge on any atom is -0.310 e. The first-order valence-electron chi connectivity index (χ1n) is 7.40. The van der Waals surface area contributed by atoms with E-state index in [2.05, 4.69) is 41.3 Å². The molecule has 2 aromatic heterocycles. The van der Waals surface area contributed by atoms with Gasteiger partial charge in [0.25, 0.3) is 0 Å². The first-order chi connectivity index (χ1) is 9.85. The molecular weight excluding hydrogens is 246 g/mol. The van der Waals surface area contributed by atoms with Crippen molar-refractivity contribution in [3.05, 3.63) is 59.7 Å². The minimum absolute atomic E-state index is 0.331. The number of rotatable bonds is 7. The van der Waals surface area contributed by atoms with Gasteiger partial charge in [-0.25, -0.2) is 0 Å². The summed E-state index contributed by atoms with van der Waals surface area (Å²) >= 11 is 0. The van der Waals surface area contributed by atoms with Crippen molar-refractivity contribution >= 4 is 0 Å². The maximum atomic E-state index is 4.25. The molecule has 1 N–H and O–H groups in total. The zero-order valence-electron chi connectivity index (χ0n) is 12.3. The molecule has 1 unspecified atom stereocenters. The summed E-state index contributed by atoms with van der Waals surface area (Å²) in [6, 6.07) is 6.61. The zero-order valence-corrected chi connectivity index (χ0v) is 12.3. The molecular formula is C17H23N3. The van der Waals surface area contributed by atoms with Gasteiger partial charge in [-0.1, -0.05) is 19.9 Å². The van der Waals surface area contributed by atoms with Gasteiger partial charge < -0.3 is 5.32 Å². The van der Waals surface area contributed by atoms with Gasteiger partial charge in [0, 0.05) is 30.8 Å². The maximum absolute atomic E-state index is 4.25. The van der Waals surface area contributed by atoms with Crippen LogP contribution in [0.15, 0.2) is 43.0 Å². The Balaban J connectivity index is 2.22. The smallest absolute Gasteiger partial charge is 0.0365 e. The van der Waals surface area contributed by atoms with Gasteiger partial charge in [-0.2, -0.15) is 0 Å². The number of nitrogens with one attached hydrogen (secondary N) is 1. The van der Waals surface area contributed by atoms with E-state index in [0.717, 1.165) is 25.8 Å². The molecule has 20 heavy (non-hydrogen) atoms. The van der Waals surface area contributed by atoms with Crippen LogP contribution in [0.1, 0.15) is 43.0 Å². The van der Waals surface area contributed by atoms with Crippen molar-refractivity contribution in [1.29, 1.82) is 0 Å². The van der Waals surface area contributed by atoms with Crippen LogP contribution in [-0.2, 0) is 12.8 Å². The molecule has 1 atom stereocenters. The van der Waals surface area contributed by atoms with Crippen molar-refractivity contribution in [3.63, 3.8) is 0 Å². The van der Waals surface area contributed by atoms with Crippen molar-refractivity contribution < 1.29 is 0 Å². The number of aryl methyl sites for hydroxylation is 1. The lowest BCUT2D eigenvalue weighted by Gasteiger charge is -2.21. The highest BCUT2D eigenvalue weighted by Gasteiger charge is 2.14. The Labute approximate surface area is 121 Å². The summed E-state index contributed by atoms with van der Waals surface area (Å²) in [7, 11) is 0. The van der Waals surface area contributed by atoms with E-state index < -0.39 is 0 Å². The fourth-order valence-electron chi connectivity index (χ4n) is 2.44. The summed E-state index contributed by atoms with van der Waals surface area (Å²) in [6.45, 7) is 5.40. The molecule has 0 aromatic carbocycles.